The molecule has 2 atom stereocenters. The van der Waals surface area contributed by atoms with Crippen LogP contribution in [0.4, 0.5) is 0 Å². The monoisotopic (exact) mass is 800 g/mol. The Kier molecular flexibility index (Phi) is 9.40. The highest BCUT2D eigenvalue weighted by Gasteiger charge is 2.24. The lowest BCUT2D eigenvalue weighted by atomic mass is 10.0. The third-order valence-corrected chi connectivity index (χ3v) is 11.5. The van der Waals surface area contributed by atoms with Crippen molar-refractivity contribution in [2.75, 3.05) is 0 Å². The number of aryl methyl sites for hydroxylation is 2. The summed E-state index contributed by atoms with van der Waals surface area (Å²) in [4.78, 5) is 9.52. The average Bonchev–Trinajstić information content (AvgIpc) is 3.78. The van der Waals surface area contributed by atoms with E-state index in [4.69, 9.17) is 19.4 Å². The minimum Gasteiger partial charge on any atom is -0.505 e. The molecule has 10 rings (SSSR count). The van der Waals surface area contributed by atoms with E-state index >= 15 is 0 Å². The Morgan fingerprint density at radius 3 is 1.18 bits per heavy atom. The summed E-state index contributed by atoms with van der Waals surface area (Å²) < 4.78 is 17.5. The number of pyridine rings is 2. The van der Waals surface area contributed by atoms with E-state index in [9.17, 15) is 10.2 Å². The van der Waals surface area contributed by atoms with Gasteiger partial charge in [0.25, 0.3) is 0 Å². The molecule has 8 nitrogen and oxygen atoms in total. The first-order chi connectivity index (χ1) is 29.7. The summed E-state index contributed by atoms with van der Waals surface area (Å²) in [5.41, 5.74) is 9.61. The molecule has 0 saturated carbocycles. The summed E-state index contributed by atoms with van der Waals surface area (Å²) in [6, 6.07) is 48.4. The van der Waals surface area contributed by atoms with Gasteiger partial charge in [0.2, 0.25) is 0 Å². The highest BCUT2D eigenvalue weighted by Crippen LogP contribution is 2.44. The number of para-hydroxylation sites is 4. The Hall–Kier alpha value is -7.58. The van der Waals surface area contributed by atoms with Gasteiger partial charge in [-0.2, -0.15) is 0 Å². The van der Waals surface area contributed by atoms with Crippen molar-refractivity contribution in [2.45, 2.75) is 46.3 Å². The van der Waals surface area contributed by atoms with Crippen LogP contribution in [0.2, 0.25) is 0 Å². The van der Waals surface area contributed by atoms with Gasteiger partial charge in [0.05, 0.1) is 45.6 Å². The lowest BCUT2D eigenvalue weighted by molar-refractivity contribution is 0.131. The molecule has 0 saturated heterocycles. The molecule has 0 spiro atoms. The van der Waals surface area contributed by atoms with Crippen molar-refractivity contribution in [1.82, 2.24) is 19.1 Å². The van der Waals surface area contributed by atoms with Crippen LogP contribution in [-0.4, -0.2) is 41.5 Å². The molecule has 300 valence electrons. The molecule has 0 aliphatic heterocycles. The number of aromatic nitrogens is 4. The van der Waals surface area contributed by atoms with E-state index in [0.29, 0.717) is 51.8 Å². The van der Waals surface area contributed by atoms with E-state index in [0.717, 1.165) is 54.7 Å². The van der Waals surface area contributed by atoms with E-state index in [-0.39, 0.29) is 23.7 Å². The van der Waals surface area contributed by atoms with E-state index in [1.165, 1.54) is 0 Å². The molecule has 10 aromatic rings. The van der Waals surface area contributed by atoms with Crippen LogP contribution in [0.3, 0.4) is 0 Å². The van der Waals surface area contributed by atoms with Crippen molar-refractivity contribution < 1.29 is 19.7 Å². The van der Waals surface area contributed by atoms with Crippen molar-refractivity contribution in [3.05, 3.63) is 169 Å². The van der Waals surface area contributed by atoms with E-state index in [2.05, 4.69) is 57.7 Å². The Morgan fingerprint density at radius 2 is 0.820 bits per heavy atom. The number of hydrogen-bond acceptors (Lipinski definition) is 6. The van der Waals surface area contributed by atoms with Gasteiger partial charge in [0, 0.05) is 51.5 Å². The van der Waals surface area contributed by atoms with Crippen LogP contribution in [0, 0.1) is 13.8 Å². The highest BCUT2D eigenvalue weighted by molar-refractivity contribution is 6.10. The van der Waals surface area contributed by atoms with Gasteiger partial charge in [-0.25, -0.2) is 0 Å². The minimum atomic E-state index is -0.295. The summed E-state index contributed by atoms with van der Waals surface area (Å²) in [6.07, 6.45) is 3.38. The number of ether oxygens (including phenoxy) is 2. The second-order valence-electron chi connectivity index (χ2n) is 15.9. The summed E-state index contributed by atoms with van der Waals surface area (Å²) in [7, 11) is 0. The molecule has 0 amide bonds. The van der Waals surface area contributed by atoms with Crippen molar-refractivity contribution in [2.24, 2.45) is 0 Å². The van der Waals surface area contributed by atoms with Gasteiger partial charge in [0.1, 0.15) is 34.4 Å². The maximum Gasteiger partial charge on any atom is 0.149 e. The minimum absolute atomic E-state index is 0.120. The molecule has 0 aliphatic rings. The maximum absolute atomic E-state index is 12.1. The van der Waals surface area contributed by atoms with Crippen LogP contribution in [0.15, 0.2) is 158 Å². The van der Waals surface area contributed by atoms with Crippen molar-refractivity contribution in [3.8, 4) is 56.9 Å². The molecule has 0 bridgehead atoms. The van der Waals surface area contributed by atoms with Crippen LogP contribution >= 0.6 is 0 Å². The largest absolute Gasteiger partial charge is 0.505 e. The predicted octanol–water partition coefficient (Wildman–Crippen LogP) is 12.7. The van der Waals surface area contributed by atoms with Crippen molar-refractivity contribution in [3.63, 3.8) is 0 Å². The van der Waals surface area contributed by atoms with Crippen molar-refractivity contribution in [1.29, 1.82) is 0 Å². The Labute approximate surface area is 353 Å². The first kappa shape index (κ1) is 37.7. The number of phenols is 2. The van der Waals surface area contributed by atoms with Crippen LogP contribution in [-0.2, 0) is 0 Å². The third kappa shape index (κ3) is 6.57. The Balaban J connectivity index is 0.936. The fraction of sp³-hybridized carbons (Fsp3) is 0.132. The maximum atomic E-state index is 12.1. The summed E-state index contributed by atoms with van der Waals surface area (Å²) >= 11 is 0. The first-order valence-electron chi connectivity index (χ1n) is 20.6. The number of fused-ring (bicyclic) bond motifs is 6. The first-order valence-corrected chi connectivity index (χ1v) is 20.6. The quantitative estimate of drug-likeness (QED) is 0.143. The van der Waals surface area contributed by atoms with Crippen molar-refractivity contribution >= 4 is 43.6 Å². The summed E-state index contributed by atoms with van der Waals surface area (Å²) in [5, 5.41) is 28.6. The van der Waals surface area contributed by atoms with Crippen LogP contribution < -0.4 is 9.47 Å². The molecule has 6 aromatic carbocycles. The van der Waals surface area contributed by atoms with Gasteiger partial charge < -0.3 is 28.8 Å². The second-order valence-corrected chi connectivity index (χ2v) is 15.9. The summed E-state index contributed by atoms with van der Waals surface area (Å²) in [6.45, 7) is 8.06. The smallest absolute Gasteiger partial charge is 0.149 e. The molecule has 61 heavy (non-hydrogen) atoms. The number of hydrogen-bond donors (Lipinski definition) is 2. The highest BCUT2D eigenvalue weighted by atomic mass is 16.5. The Morgan fingerprint density at radius 1 is 0.475 bits per heavy atom. The van der Waals surface area contributed by atoms with Gasteiger partial charge in [-0.3, -0.25) is 9.97 Å². The van der Waals surface area contributed by atoms with E-state index < -0.39 is 0 Å². The van der Waals surface area contributed by atoms with E-state index in [1.54, 1.807) is 12.4 Å². The van der Waals surface area contributed by atoms with Crippen LogP contribution in [0.1, 0.15) is 31.4 Å². The van der Waals surface area contributed by atoms with Gasteiger partial charge in [-0.15, -0.1) is 0 Å². The molecule has 4 aromatic heterocycles. The van der Waals surface area contributed by atoms with Crippen LogP contribution in [0.25, 0.3) is 77.5 Å². The molecule has 8 heteroatoms. The molecule has 0 aliphatic carbocycles. The van der Waals surface area contributed by atoms with Gasteiger partial charge >= 0.3 is 0 Å². The zero-order valence-corrected chi connectivity index (χ0v) is 34.4. The van der Waals surface area contributed by atoms with E-state index in [1.807, 2.05) is 125 Å². The number of aromatic hydroxyl groups is 2. The lowest BCUT2D eigenvalue weighted by Crippen LogP contribution is -2.23. The third-order valence-electron chi connectivity index (χ3n) is 11.5. The molecule has 4 heterocycles. The molecule has 1 unspecified atom stereocenters. The fourth-order valence-electron chi connectivity index (χ4n) is 8.96. The normalized spacial score (nSPS) is 12.7. The second kappa shape index (κ2) is 15.2. The molecular formula is C53H44N4O4. The zero-order chi connectivity index (χ0) is 41.8. The van der Waals surface area contributed by atoms with Gasteiger partial charge in [-0.05, 0) is 112 Å². The number of nitrogens with zero attached hydrogens (tertiary/aromatic N) is 4. The molecule has 2 N–H and O–H groups in total. The van der Waals surface area contributed by atoms with Gasteiger partial charge in [0.15, 0.2) is 0 Å². The molecular weight excluding hydrogens is 757 g/mol. The number of phenolic OH excluding ortho intramolecular Hbond substituents is 2. The molecule has 0 fully saturated rings. The SMILES string of the molecule is Cc1cc(-c2ncccc2OC(C)C[C@H](C)Oc2cccnc2-c2cc(C)cc(-n3c4ccccc4c4ccccc43)c2O)c(O)c(-n2c3ccccc3c3ccccc32)c1. The zero-order valence-electron chi connectivity index (χ0n) is 34.4. The van der Waals surface area contributed by atoms with Gasteiger partial charge in [-0.1, -0.05) is 72.8 Å². The lowest BCUT2D eigenvalue weighted by Gasteiger charge is -2.23. The number of rotatable bonds is 10. The Bertz CT molecular complexity index is 2970. The fourth-order valence-corrected chi connectivity index (χ4v) is 8.96. The average molecular weight is 801 g/mol. The number of benzene rings is 6. The molecule has 0 radical (unpaired) electrons. The predicted molar refractivity (Wildman–Crippen MR) is 246 cm³/mol. The summed E-state index contributed by atoms with van der Waals surface area (Å²) in [5.74, 6) is 1.35. The topological polar surface area (TPSA) is 94.6 Å². The standard InChI is InChI=1S/C53H44N4O4/c1-32-27-40(52(58)46(29-32)56-42-19-9-5-15-36(42)37-16-6-10-20-43(37)56)50-48(23-13-25-54-50)60-34(3)31-35(4)61-49-24-14-26-55-51(49)41-28-33(2)30-47(53(41)59)57-44-21-11-7-17-38(44)39-18-8-12-22-45(39)57/h5-30,34-35,58-59H,31H2,1-4H3/t34-,35?/m0/s1. The van der Waals surface area contributed by atoms with Crippen LogP contribution in [0.5, 0.6) is 23.0 Å².